The molecule has 0 bridgehead atoms. The van der Waals surface area contributed by atoms with Crippen LogP contribution < -0.4 is 5.32 Å². The van der Waals surface area contributed by atoms with Gasteiger partial charge in [0.2, 0.25) is 0 Å². The summed E-state index contributed by atoms with van der Waals surface area (Å²) in [7, 11) is 0. The fraction of sp³-hybridized carbons (Fsp3) is 0.0526. The maximum absolute atomic E-state index is 4.52. The number of fused-ring (bicyclic) bond motifs is 1. The summed E-state index contributed by atoms with van der Waals surface area (Å²) >= 11 is 0. The van der Waals surface area contributed by atoms with E-state index in [1.807, 2.05) is 29.1 Å². The lowest BCUT2D eigenvalue weighted by Crippen LogP contribution is -2.01. The molecule has 4 heteroatoms. The fourth-order valence-electron chi connectivity index (χ4n) is 2.65. The summed E-state index contributed by atoms with van der Waals surface area (Å²) in [4.78, 5) is 4.03. The normalized spacial score (nSPS) is 10.8. The third kappa shape index (κ3) is 2.92. The smallest absolute Gasteiger partial charge is 0.0687 e. The fourth-order valence-corrected chi connectivity index (χ4v) is 2.65. The minimum Gasteiger partial charge on any atom is -0.355 e. The zero-order valence-corrected chi connectivity index (χ0v) is 12.6. The van der Waals surface area contributed by atoms with Gasteiger partial charge in [0.15, 0.2) is 0 Å². The van der Waals surface area contributed by atoms with Crippen LogP contribution in [0, 0.1) is 0 Å². The number of aromatic nitrogens is 3. The monoisotopic (exact) mass is 300 g/mol. The Labute approximate surface area is 134 Å². The summed E-state index contributed by atoms with van der Waals surface area (Å²) in [6, 6.07) is 20.6. The van der Waals surface area contributed by atoms with Crippen molar-refractivity contribution in [1.82, 2.24) is 14.8 Å². The number of rotatable bonds is 4. The maximum atomic E-state index is 4.52. The Kier molecular flexibility index (Phi) is 3.48. The summed E-state index contributed by atoms with van der Waals surface area (Å²) in [5, 5.41) is 9.02. The Hall–Kier alpha value is -3.14. The highest BCUT2D eigenvalue weighted by Crippen LogP contribution is 2.22. The molecule has 0 spiro atoms. The second-order valence-electron chi connectivity index (χ2n) is 5.42. The van der Waals surface area contributed by atoms with Gasteiger partial charge in [-0.05, 0) is 35.9 Å². The average Bonchev–Trinajstić information content (AvgIpc) is 2.99. The van der Waals surface area contributed by atoms with E-state index in [0.717, 1.165) is 28.8 Å². The van der Waals surface area contributed by atoms with E-state index in [1.165, 1.54) is 5.56 Å². The molecule has 0 saturated carbocycles. The van der Waals surface area contributed by atoms with Crippen molar-refractivity contribution >= 4 is 22.3 Å². The molecule has 1 N–H and O–H groups in total. The molecule has 4 nitrogen and oxygen atoms in total. The van der Waals surface area contributed by atoms with Gasteiger partial charge >= 0.3 is 0 Å². The number of pyridine rings is 1. The van der Waals surface area contributed by atoms with Crippen LogP contribution in [0.5, 0.6) is 0 Å². The Bertz CT molecular complexity index is 914. The molecule has 0 aliphatic heterocycles. The van der Waals surface area contributed by atoms with Crippen LogP contribution >= 0.6 is 0 Å². The first-order valence-electron chi connectivity index (χ1n) is 7.55. The van der Waals surface area contributed by atoms with Crippen LogP contribution in [-0.4, -0.2) is 14.8 Å². The van der Waals surface area contributed by atoms with Crippen LogP contribution in [0.2, 0.25) is 0 Å². The standard InChI is InChI=1S/C19H16N4/c1-2-4-15(5-3-1)14-23-19-7-6-18(12-16(19)13-21-23)22-17-8-10-20-11-9-17/h1-13H,14H2,(H,20,22). The topological polar surface area (TPSA) is 42.7 Å². The molecule has 2 aromatic carbocycles. The quantitative estimate of drug-likeness (QED) is 0.613. The lowest BCUT2D eigenvalue weighted by Gasteiger charge is -2.07. The predicted octanol–water partition coefficient (Wildman–Crippen LogP) is 4.22. The molecule has 4 aromatic rings. The lowest BCUT2D eigenvalue weighted by molar-refractivity contribution is 0.712. The molecule has 2 heterocycles. The largest absolute Gasteiger partial charge is 0.355 e. The van der Waals surface area contributed by atoms with Gasteiger partial charge in [0, 0.05) is 29.2 Å². The summed E-state index contributed by atoms with van der Waals surface area (Å²) in [6.45, 7) is 0.779. The Balaban J connectivity index is 1.61. The molecule has 4 rings (SSSR count). The first-order chi connectivity index (χ1) is 11.4. The molecular formula is C19H16N4. The molecule has 0 atom stereocenters. The molecule has 23 heavy (non-hydrogen) atoms. The summed E-state index contributed by atoms with van der Waals surface area (Å²) in [5.74, 6) is 0. The van der Waals surface area contributed by atoms with Crippen LogP contribution in [-0.2, 0) is 6.54 Å². The molecule has 0 saturated heterocycles. The molecule has 0 aliphatic rings. The van der Waals surface area contributed by atoms with Gasteiger partial charge in [0.25, 0.3) is 0 Å². The molecule has 0 amide bonds. The Morgan fingerprint density at radius 2 is 1.70 bits per heavy atom. The maximum Gasteiger partial charge on any atom is 0.0687 e. The van der Waals surface area contributed by atoms with Gasteiger partial charge < -0.3 is 5.32 Å². The third-order valence-electron chi connectivity index (χ3n) is 3.79. The van der Waals surface area contributed by atoms with Crippen LogP contribution in [0.1, 0.15) is 5.56 Å². The van der Waals surface area contributed by atoms with Crippen LogP contribution in [0.25, 0.3) is 10.9 Å². The van der Waals surface area contributed by atoms with Crippen LogP contribution in [0.3, 0.4) is 0 Å². The van der Waals surface area contributed by atoms with E-state index in [4.69, 9.17) is 0 Å². The van der Waals surface area contributed by atoms with Crippen molar-refractivity contribution in [3.63, 3.8) is 0 Å². The molecule has 0 fully saturated rings. The SMILES string of the molecule is c1ccc(Cn2ncc3cc(Nc4ccncc4)ccc32)cc1. The highest BCUT2D eigenvalue weighted by Gasteiger charge is 2.04. The number of hydrogen-bond donors (Lipinski definition) is 1. The molecular weight excluding hydrogens is 284 g/mol. The van der Waals surface area contributed by atoms with Crippen molar-refractivity contribution in [3.05, 3.63) is 84.8 Å². The van der Waals surface area contributed by atoms with E-state index in [-0.39, 0.29) is 0 Å². The van der Waals surface area contributed by atoms with E-state index >= 15 is 0 Å². The van der Waals surface area contributed by atoms with Crippen molar-refractivity contribution in [1.29, 1.82) is 0 Å². The zero-order chi connectivity index (χ0) is 15.5. The lowest BCUT2D eigenvalue weighted by atomic mass is 10.2. The van der Waals surface area contributed by atoms with Crippen molar-refractivity contribution in [2.24, 2.45) is 0 Å². The van der Waals surface area contributed by atoms with E-state index in [2.05, 4.69) is 57.9 Å². The number of anilines is 2. The van der Waals surface area contributed by atoms with E-state index < -0.39 is 0 Å². The first kappa shape index (κ1) is 13.5. The van der Waals surface area contributed by atoms with Crippen molar-refractivity contribution in [2.75, 3.05) is 5.32 Å². The van der Waals surface area contributed by atoms with Gasteiger partial charge in [-0.3, -0.25) is 9.67 Å². The van der Waals surface area contributed by atoms with Gasteiger partial charge in [-0.1, -0.05) is 30.3 Å². The van der Waals surface area contributed by atoms with Gasteiger partial charge in [-0.15, -0.1) is 0 Å². The van der Waals surface area contributed by atoms with Crippen LogP contribution in [0.4, 0.5) is 11.4 Å². The highest BCUT2D eigenvalue weighted by molar-refractivity contribution is 5.83. The second-order valence-corrected chi connectivity index (χ2v) is 5.42. The third-order valence-corrected chi connectivity index (χ3v) is 3.79. The van der Waals surface area contributed by atoms with Crippen molar-refractivity contribution in [2.45, 2.75) is 6.54 Å². The highest BCUT2D eigenvalue weighted by atomic mass is 15.3. The Morgan fingerprint density at radius 1 is 0.870 bits per heavy atom. The van der Waals surface area contributed by atoms with Crippen LogP contribution in [0.15, 0.2) is 79.3 Å². The van der Waals surface area contributed by atoms with Crippen molar-refractivity contribution < 1.29 is 0 Å². The molecule has 0 aliphatic carbocycles. The first-order valence-corrected chi connectivity index (χ1v) is 7.55. The minimum absolute atomic E-state index is 0.779. The van der Waals surface area contributed by atoms with Gasteiger partial charge in [-0.2, -0.15) is 5.10 Å². The Morgan fingerprint density at radius 3 is 2.52 bits per heavy atom. The van der Waals surface area contributed by atoms with Gasteiger partial charge in [0.1, 0.15) is 0 Å². The molecule has 2 aromatic heterocycles. The minimum atomic E-state index is 0.779. The number of nitrogens with one attached hydrogen (secondary N) is 1. The average molecular weight is 300 g/mol. The second kappa shape index (κ2) is 5.93. The summed E-state index contributed by atoms with van der Waals surface area (Å²) in [6.07, 6.45) is 5.47. The van der Waals surface area contributed by atoms with E-state index in [0.29, 0.717) is 0 Å². The van der Waals surface area contributed by atoms with E-state index in [1.54, 1.807) is 12.4 Å². The zero-order valence-electron chi connectivity index (χ0n) is 12.6. The molecule has 0 radical (unpaired) electrons. The predicted molar refractivity (Wildman–Crippen MR) is 92.8 cm³/mol. The summed E-state index contributed by atoms with van der Waals surface area (Å²) < 4.78 is 2.03. The van der Waals surface area contributed by atoms with Crippen molar-refractivity contribution in [3.8, 4) is 0 Å². The number of benzene rings is 2. The molecule has 112 valence electrons. The number of hydrogen-bond acceptors (Lipinski definition) is 3. The summed E-state index contributed by atoms with van der Waals surface area (Å²) in [5.41, 5.74) is 4.45. The van der Waals surface area contributed by atoms with Gasteiger partial charge in [-0.25, -0.2) is 0 Å². The molecule has 0 unspecified atom stereocenters. The van der Waals surface area contributed by atoms with E-state index in [9.17, 15) is 0 Å². The number of nitrogens with zero attached hydrogens (tertiary/aromatic N) is 3. The van der Waals surface area contributed by atoms with Gasteiger partial charge in [0.05, 0.1) is 18.3 Å².